The van der Waals surface area contributed by atoms with Gasteiger partial charge in [0.05, 0.1) is 23.0 Å². The lowest BCUT2D eigenvalue weighted by atomic mass is 10.1. The lowest BCUT2D eigenvalue weighted by molar-refractivity contribution is -0.120. The van der Waals surface area contributed by atoms with Crippen LogP contribution in [0, 0.1) is 13.8 Å². The molecule has 32 heavy (non-hydrogen) atoms. The van der Waals surface area contributed by atoms with Gasteiger partial charge in [0.2, 0.25) is 11.8 Å². The first-order valence-electron chi connectivity index (χ1n) is 9.95. The topological polar surface area (TPSA) is 104 Å². The number of aryl methyl sites for hydroxylation is 2. The Balaban J connectivity index is 1.68. The van der Waals surface area contributed by atoms with Crippen LogP contribution in [-0.4, -0.2) is 20.2 Å². The van der Waals surface area contributed by atoms with Crippen LogP contribution in [0.25, 0.3) is 0 Å². The van der Waals surface area contributed by atoms with E-state index in [4.69, 9.17) is 0 Å². The number of carbonyl (C=O) groups excluding carboxylic acids is 2. The van der Waals surface area contributed by atoms with Crippen molar-refractivity contribution < 1.29 is 18.0 Å². The summed E-state index contributed by atoms with van der Waals surface area (Å²) in [5, 5.41) is 7.42. The lowest BCUT2D eigenvalue weighted by Gasteiger charge is -2.16. The number of nitrogens with one attached hydrogen (secondary N) is 3. The molecule has 1 heterocycles. The third kappa shape index (κ3) is 5.95. The third-order valence-electron chi connectivity index (χ3n) is 4.82. The van der Waals surface area contributed by atoms with Crippen LogP contribution in [0.1, 0.15) is 35.4 Å². The highest BCUT2D eigenvalue weighted by Gasteiger charge is 2.19. The fourth-order valence-corrected chi connectivity index (χ4v) is 5.22. The fraction of sp³-hybridized carbons (Fsp3) is 0.217. The largest absolute Gasteiger partial charge is 0.348 e. The second kappa shape index (κ2) is 9.97. The number of sulfonamides is 1. The van der Waals surface area contributed by atoms with Gasteiger partial charge in [-0.1, -0.05) is 24.3 Å². The van der Waals surface area contributed by atoms with Gasteiger partial charge >= 0.3 is 0 Å². The van der Waals surface area contributed by atoms with E-state index in [1.165, 1.54) is 42.5 Å². The summed E-state index contributed by atoms with van der Waals surface area (Å²) in [6.45, 7) is 5.09. The zero-order chi connectivity index (χ0) is 23.3. The molecule has 168 valence electrons. The molecule has 0 fully saturated rings. The highest BCUT2D eigenvalue weighted by molar-refractivity contribution is 7.92. The van der Waals surface area contributed by atoms with E-state index in [1.54, 1.807) is 0 Å². The molecule has 3 N–H and O–H groups in total. The van der Waals surface area contributed by atoms with E-state index in [-0.39, 0.29) is 23.1 Å². The van der Waals surface area contributed by atoms with E-state index in [0.29, 0.717) is 11.4 Å². The molecule has 2 aromatic carbocycles. The summed E-state index contributed by atoms with van der Waals surface area (Å²) < 4.78 is 28.2. The van der Waals surface area contributed by atoms with Crippen LogP contribution in [0.4, 0.5) is 11.4 Å². The first kappa shape index (κ1) is 23.5. The summed E-state index contributed by atoms with van der Waals surface area (Å²) in [4.78, 5) is 25.0. The van der Waals surface area contributed by atoms with Crippen molar-refractivity contribution in [3.05, 3.63) is 76.0 Å². The van der Waals surface area contributed by atoms with Gasteiger partial charge in [-0.15, -0.1) is 11.3 Å². The van der Waals surface area contributed by atoms with Crippen molar-refractivity contribution in [1.29, 1.82) is 0 Å². The van der Waals surface area contributed by atoms with Gasteiger partial charge in [-0.2, -0.15) is 0 Å². The van der Waals surface area contributed by atoms with Crippen molar-refractivity contribution in [2.24, 2.45) is 0 Å². The highest BCUT2D eigenvalue weighted by atomic mass is 32.2. The van der Waals surface area contributed by atoms with Crippen molar-refractivity contribution in [2.75, 3.05) is 10.0 Å². The van der Waals surface area contributed by atoms with Crippen molar-refractivity contribution in [1.82, 2.24) is 5.32 Å². The van der Waals surface area contributed by atoms with Gasteiger partial charge in [0.15, 0.2) is 0 Å². The summed E-state index contributed by atoms with van der Waals surface area (Å²) >= 11 is 1.46. The van der Waals surface area contributed by atoms with Crippen molar-refractivity contribution >= 4 is 44.5 Å². The first-order chi connectivity index (χ1) is 15.2. The van der Waals surface area contributed by atoms with Gasteiger partial charge in [-0.05, 0) is 60.7 Å². The van der Waals surface area contributed by atoms with Crippen molar-refractivity contribution in [2.45, 2.75) is 38.1 Å². The van der Waals surface area contributed by atoms with Gasteiger partial charge in [-0.3, -0.25) is 14.3 Å². The molecule has 7 nitrogen and oxygen atoms in total. The maximum absolute atomic E-state index is 12.8. The molecule has 0 bridgehead atoms. The Kier molecular flexibility index (Phi) is 7.32. The van der Waals surface area contributed by atoms with E-state index >= 15 is 0 Å². The second-order valence-corrected chi connectivity index (χ2v) is 10.1. The number of carbonyl (C=O) groups is 2. The Bertz CT molecular complexity index is 1180. The molecular formula is C23H25N3O4S2. The number of hydrogen-bond donors (Lipinski definition) is 3. The number of hydrogen-bond acceptors (Lipinski definition) is 5. The number of amides is 2. The zero-order valence-corrected chi connectivity index (χ0v) is 19.6. The molecule has 0 aliphatic rings. The smallest absolute Gasteiger partial charge is 0.261 e. The minimum absolute atomic E-state index is 0.0637. The Morgan fingerprint density at radius 3 is 2.19 bits per heavy atom. The van der Waals surface area contributed by atoms with Crippen LogP contribution in [-0.2, 0) is 19.6 Å². The molecule has 9 heteroatoms. The Morgan fingerprint density at radius 2 is 1.62 bits per heavy atom. The molecule has 0 spiro atoms. The molecule has 0 aliphatic heterocycles. The molecule has 0 radical (unpaired) electrons. The molecule has 0 aliphatic carbocycles. The van der Waals surface area contributed by atoms with E-state index in [0.717, 1.165) is 16.0 Å². The second-order valence-electron chi connectivity index (χ2n) is 7.42. The van der Waals surface area contributed by atoms with Crippen molar-refractivity contribution in [3.63, 3.8) is 0 Å². The lowest BCUT2D eigenvalue weighted by Crippen LogP contribution is -2.29. The van der Waals surface area contributed by atoms with Gasteiger partial charge in [0, 0.05) is 17.5 Å². The monoisotopic (exact) mass is 471 g/mol. The summed E-state index contributed by atoms with van der Waals surface area (Å²) in [6, 6.07) is 14.8. The number of rotatable bonds is 8. The minimum atomic E-state index is -3.77. The number of benzene rings is 2. The Hall–Kier alpha value is -3.17. The SMILES string of the molecule is CC(=O)NC(CC(=O)Nc1ccc(S(=O)(=O)Nc2c(C)cccc2C)cc1)c1cccs1. The Labute approximate surface area is 191 Å². The molecule has 0 saturated carbocycles. The maximum Gasteiger partial charge on any atom is 0.261 e. The molecular weight excluding hydrogens is 446 g/mol. The molecule has 0 saturated heterocycles. The van der Waals surface area contributed by atoms with Crippen LogP contribution in [0.3, 0.4) is 0 Å². The molecule has 1 aromatic heterocycles. The average Bonchev–Trinajstić information content (AvgIpc) is 3.25. The number of para-hydroxylation sites is 1. The molecule has 1 atom stereocenters. The van der Waals surface area contributed by atoms with Crippen LogP contribution < -0.4 is 15.4 Å². The first-order valence-corrected chi connectivity index (χ1v) is 12.3. The van der Waals surface area contributed by atoms with E-state index in [1.807, 2.05) is 49.6 Å². The van der Waals surface area contributed by atoms with Crippen LogP contribution >= 0.6 is 11.3 Å². The number of anilines is 2. The Morgan fingerprint density at radius 1 is 0.969 bits per heavy atom. The normalized spacial score (nSPS) is 12.1. The number of thiophene rings is 1. The average molecular weight is 472 g/mol. The predicted molar refractivity (Wildman–Crippen MR) is 127 cm³/mol. The van der Waals surface area contributed by atoms with Gasteiger partial charge in [0.1, 0.15) is 0 Å². The third-order valence-corrected chi connectivity index (χ3v) is 7.17. The standard InChI is InChI=1S/C23H25N3O4S2/c1-15-6-4-7-16(2)23(15)26-32(29,30)19-11-9-18(10-12-19)25-22(28)14-20(24-17(3)27)21-8-5-13-31-21/h4-13,20,26H,14H2,1-3H3,(H,24,27)(H,25,28). The maximum atomic E-state index is 12.8. The van der Waals surface area contributed by atoms with Crippen LogP contribution in [0.2, 0.25) is 0 Å². The zero-order valence-electron chi connectivity index (χ0n) is 18.0. The van der Waals surface area contributed by atoms with Crippen molar-refractivity contribution in [3.8, 4) is 0 Å². The molecule has 2 amide bonds. The molecule has 1 unspecified atom stereocenters. The molecule has 3 aromatic rings. The van der Waals surface area contributed by atoms with E-state index < -0.39 is 16.1 Å². The van der Waals surface area contributed by atoms with Gasteiger partial charge in [-0.25, -0.2) is 8.42 Å². The summed E-state index contributed by atoms with van der Waals surface area (Å²) in [7, 11) is -3.77. The van der Waals surface area contributed by atoms with Crippen LogP contribution in [0.15, 0.2) is 64.9 Å². The van der Waals surface area contributed by atoms with Gasteiger partial charge in [0.25, 0.3) is 10.0 Å². The van der Waals surface area contributed by atoms with Crippen LogP contribution in [0.5, 0.6) is 0 Å². The summed E-state index contributed by atoms with van der Waals surface area (Å²) in [5.74, 6) is -0.511. The minimum Gasteiger partial charge on any atom is -0.348 e. The quantitative estimate of drug-likeness (QED) is 0.454. The summed E-state index contributed by atoms with van der Waals surface area (Å²) in [6.07, 6.45) is 0.0637. The van der Waals surface area contributed by atoms with E-state index in [9.17, 15) is 18.0 Å². The van der Waals surface area contributed by atoms with E-state index in [2.05, 4.69) is 15.4 Å². The summed E-state index contributed by atoms with van der Waals surface area (Å²) in [5.41, 5.74) is 2.69. The van der Waals surface area contributed by atoms with Gasteiger partial charge < -0.3 is 10.6 Å². The predicted octanol–water partition coefficient (Wildman–Crippen LogP) is 4.37. The molecule has 3 rings (SSSR count). The highest BCUT2D eigenvalue weighted by Crippen LogP contribution is 2.25. The fourth-order valence-electron chi connectivity index (χ4n) is 3.24.